The molecule has 0 aromatic heterocycles. The number of benzene rings is 1. The van der Waals surface area contributed by atoms with Crippen molar-refractivity contribution in [2.75, 3.05) is 25.2 Å². The summed E-state index contributed by atoms with van der Waals surface area (Å²) in [6.45, 7) is 0.352. The molecule has 0 unspecified atom stereocenters. The summed E-state index contributed by atoms with van der Waals surface area (Å²) in [4.78, 5) is 11.2. The molecule has 2 N–H and O–H groups in total. The van der Waals surface area contributed by atoms with Crippen LogP contribution in [0.4, 0.5) is 5.69 Å². The Hall–Kier alpha value is -2.42. The molecule has 1 heterocycles. The molecule has 6 heteroatoms. The van der Waals surface area contributed by atoms with E-state index < -0.39 is 0 Å². The Labute approximate surface area is 98.1 Å². The van der Waals surface area contributed by atoms with Gasteiger partial charge >= 0.3 is 0 Å². The maximum atomic E-state index is 11.2. The molecule has 0 fully saturated rings. The predicted octanol–water partition coefficient (Wildman–Crippen LogP) is 0.467. The highest BCUT2D eigenvalue weighted by Gasteiger charge is 2.13. The minimum Gasteiger partial charge on any atom is -0.454 e. The minimum absolute atomic E-state index is 0.0155. The van der Waals surface area contributed by atoms with Crippen LogP contribution in [0.15, 0.2) is 18.2 Å². The van der Waals surface area contributed by atoms with Gasteiger partial charge in [0, 0.05) is 11.8 Å². The lowest BCUT2D eigenvalue weighted by atomic mass is 10.3. The number of ether oxygens (including phenoxy) is 2. The summed E-state index contributed by atoms with van der Waals surface area (Å²) < 4.78 is 10.4. The predicted molar refractivity (Wildman–Crippen MR) is 59.7 cm³/mol. The molecular formula is C11H11N3O3. The molecule has 1 aliphatic heterocycles. The molecule has 0 saturated carbocycles. The van der Waals surface area contributed by atoms with Gasteiger partial charge in [0.05, 0.1) is 12.6 Å². The van der Waals surface area contributed by atoms with Gasteiger partial charge in [0.15, 0.2) is 11.5 Å². The third-order valence-electron chi connectivity index (χ3n) is 2.19. The fraction of sp³-hybridized carbons (Fsp3) is 0.273. The summed E-state index contributed by atoms with van der Waals surface area (Å²) in [5, 5.41) is 13.7. The van der Waals surface area contributed by atoms with E-state index in [0.29, 0.717) is 11.5 Å². The zero-order valence-corrected chi connectivity index (χ0v) is 9.03. The van der Waals surface area contributed by atoms with Crippen LogP contribution in [0.25, 0.3) is 0 Å². The van der Waals surface area contributed by atoms with Crippen molar-refractivity contribution in [1.29, 1.82) is 5.26 Å². The maximum Gasteiger partial charge on any atom is 0.240 e. The van der Waals surface area contributed by atoms with Gasteiger partial charge in [-0.05, 0) is 12.1 Å². The van der Waals surface area contributed by atoms with Crippen molar-refractivity contribution in [2.45, 2.75) is 0 Å². The van der Waals surface area contributed by atoms with E-state index in [9.17, 15) is 4.79 Å². The number of nitrogens with zero attached hydrogens (tertiary/aromatic N) is 1. The Balaban J connectivity index is 1.87. The van der Waals surface area contributed by atoms with Crippen LogP contribution >= 0.6 is 0 Å². The molecule has 6 nitrogen and oxygen atoms in total. The Kier molecular flexibility index (Phi) is 3.31. The van der Waals surface area contributed by atoms with Crippen LogP contribution in [0.1, 0.15) is 0 Å². The maximum absolute atomic E-state index is 11.2. The van der Waals surface area contributed by atoms with Crippen LogP contribution in [0, 0.1) is 11.3 Å². The lowest BCUT2D eigenvalue weighted by Crippen LogP contribution is -2.29. The van der Waals surface area contributed by atoms with E-state index in [2.05, 4.69) is 10.6 Å². The third-order valence-corrected chi connectivity index (χ3v) is 2.19. The zero-order valence-electron chi connectivity index (χ0n) is 9.03. The number of nitriles is 1. The number of carbonyl (C=O) groups is 1. The van der Waals surface area contributed by atoms with Gasteiger partial charge in [-0.3, -0.25) is 4.79 Å². The second-order valence-electron chi connectivity index (χ2n) is 3.36. The number of hydrogen-bond acceptors (Lipinski definition) is 5. The van der Waals surface area contributed by atoms with Gasteiger partial charge in [0.25, 0.3) is 0 Å². The number of amides is 1. The molecule has 1 aromatic carbocycles. The van der Waals surface area contributed by atoms with Crippen molar-refractivity contribution in [3.63, 3.8) is 0 Å². The molecule has 1 amide bonds. The number of nitrogens with one attached hydrogen (secondary N) is 2. The molecule has 0 radical (unpaired) electrons. The smallest absolute Gasteiger partial charge is 0.240 e. The second-order valence-corrected chi connectivity index (χ2v) is 3.36. The highest BCUT2D eigenvalue weighted by atomic mass is 16.7. The Morgan fingerprint density at radius 3 is 3.06 bits per heavy atom. The summed E-state index contributed by atoms with van der Waals surface area (Å²) in [5.41, 5.74) is 0.765. The van der Waals surface area contributed by atoms with Gasteiger partial charge in [0.2, 0.25) is 12.7 Å². The fourth-order valence-corrected chi connectivity index (χ4v) is 1.39. The van der Waals surface area contributed by atoms with Crippen molar-refractivity contribution >= 4 is 11.6 Å². The molecule has 0 aliphatic carbocycles. The van der Waals surface area contributed by atoms with Crippen LogP contribution < -0.4 is 20.1 Å². The summed E-state index contributed by atoms with van der Waals surface area (Å²) in [6, 6.07) is 7.17. The standard InChI is InChI=1S/C11H11N3O3/c12-3-4-13-11(15)6-14-8-1-2-9-10(5-8)17-7-16-9/h1-2,5,14H,4,6-7H2,(H,13,15). The number of anilines is 1. The largest absolute Gasteiger partial charge is 0.454 e. The Morgan fingerprint density at radius 2 is 2.24 bits per heavy atom. The topological polar surface area (TPSA) is 83.4 Å². The normalized spacial score (nSPS) is 11.7. The number of hydrogen-bond donors (Lipinski definition) is 2. The number of fused-ring (bicyclic) bond motifs is 1. The average molecular weight is 233 g/mol. The summed E-state index contributed by atoms with van der Waals surface area (Å²) in [6.07, 6.45) is 0. The monoisotopic (exact) mass is 233 g/mol. The van der Waals surface area contributed by atoms with Crippen molar-refractivity contribution in [2.24, 2.45) is 0 Å². The van der Waals surface area contributed by atoms with Gasteiger partial charge in [-0.25, -0.2) is 0 Å². The first-order chi connectivity index (χ1) is 8.29. The second kappa shape index (κ2) is 5.07. The molecule has 0 bridgehead atoms. The molecule has 0 atom stereocenters. The van der Waals surface area contributed by atoms with Gasteiger partial charge in [-0.2, -0.15) is 5.26 Å². The van der Waals surface area contributed by atoms with Crippen molar-refractivity contribution in [1.82, 2.24) is 5.32 Å². The van der Waals surface area contributed by atoms with E-state index in [1.165, 1.54) is 0 Å². The SMILES string of the molecule is N#CCNC(=O)CNc1ccc2c(c1)OCO2. The van der Waals surface area contributed by atoms with Crippen LogP contribution in [0.5, 0.6) is 11.5 Å². The van der Waals surface area contributed by atoms with Crippen molar-refractivity contribution in [3.05, 3.63) is 18.2 Å². The molecule has 1 aliphatic rings. The van der Waals surface area contributed by atoms with E-state index in [1.807, 2.05) is 6.07 Å². The molecule has 1 aromatic rings. The minimum atomic E-state index is -0.232. The molecule has 88 valence electrons. The molecular weight excluding hydrogens is 222 g/mol. The van der Waals surface area contributed by atoms with Crippen LogP contribution in [0.3, 0.4) is 0 Å². The van der Waals surface area contributed by atoms with Crippen LogP contribution in [-0.2, 0) is 4.79 Å². The van der Waals surface area contributed by atoms with Crippen LogP contribution in [-0.4, -0.2) is 25.8 Å². The van der Waals surface area contributed by atoms with E-state index in [0.717, 1.165) is 5.69 Å². The van der Waals surface area contributed by atoms with Crippen molar-refractivity contribution < 1.29 is 14.3 Å². The van der Waals surface area contributed by atoms with E-state index in [4.69, 9.17) is 14.7 Å². The molecule has 0 saturated heterocycles. The molecule has 17 heavy (non-hydrogen) atoms. The van der Waals surface area contributed by atoms with E-state index in [1.54, 1.807) is 18.2 Å². The number of rotatable bonds is 4. The van der Waals surface area contributed by atoms with Gasteiger partial charge in [0.1, 0.15) is 6.54 Å². The first kappa shape index (κ1) is 11.1. The van der Waals surface area contributed by atoms with Gasteiger partial charge < -0.3 is 20.1 Å². The Morgan fingerprint density at radius 1 is 1.41 bits per heavy atom. The lowest BCUT2D eigenvalue weighted by Gasteiger charge is -2.06. The van der Waals surface area contributed by atoms with E-state index >= 15 is 0 Å². The molecule has 2 rings (SSSR count). The summed E-state index contributed by atoms with van der Waals surface area (Å²) >= 11 is 0. The van der Waals surface area contributed by atoms with Crippen molar-refractivity contribution in [3.8, 4) is 17.6 Å². The fourth-order valence-electron chi connectivity index (χ4n) is 1.39. The highest BCUT2D eigenvalue weighted by Crippen LogP contribution is 2.33. The zero-order chi connectivity index (χ0) is 12.1. The first-order valence-corrected chi connectivity index (χ1v) is 5.07. The van der Waals surface area contributed by atoms with Gasteiger partial charge in [-0.1, -0.05) is 0 Å². The average Bonchev–Trinajstić information content (AvgIpc) is 2.81. The first-order valence-electron chi connectivity index (χ1n) is 5.07. The summed E-state index contributed by atoms with van der Waals surface area (Å²) in [5.74, 6) is 1.13. The molecule has 0 spiro atoms. The van der Waals surface area contributed by atoms with Gasteiger partial charge in [-0.15, -0.1) is 0 Å². The third kappa shape index (κ3) is 2.78. The highest BCUT2D eigenvalue weighted by molar-refractivity contribution is 5.81. The van der Waals surface area contributed by atoms with Crippen LogP contribution in [0.2, 0.25) is 0 Å². The Bertz CT molecular complexity index is 468. The quantitative estimate of drug-likeness (QED) is 0.738. The number of carbonyl (C=O) groups excluding carboxylic acids is 1. The lowest BCUT2D eigenvalue weighted by molar-refractivity contribution is -0.119. The summed E-state index contributed by atoms with van der Waals surface area (Å²) in [7, 11) is 0. The van der Waals surface area contributed by atoms with E-state index in [-0.39, 0.29) is 25.8 Å².